The molecule has 82 valence electrons. The molecule has 1 aromatic rings. The summed E-state index contributed by atoms with van der Waals surface area (Å²) in [6.45, 7) is 0.249. The molecule has 0 amide bonds. The van der Waals surface area contributed by atoms with E-state index in [1.165, 1.54) is 12.8 Å². The fourth-order valence-electron chi connectivity index (χ4n) is 1.56. The predicted molar refractivity (Wildman–Crippen MR) is 52.5 cm³/mol. The van der Waals surface area contributed by atoms with Crippen molar-refractivity contribution in [1.29, 1.82) is 0 Å². The van der Waals surface area contributed by atoms with Gasteiger partial charge in [0.1, 0.15) is 0 Å². The average Bonchev–Trinajstić information content (AvgIpc) is 2.87. The summed E-state index contributed by atoms with van der Waals surface area (Å²) in [6.07, 6.45) is 3.07. The minimum absolute atomic E-state index is 0.237. The summed E-state index contributed by atoms with van der Waals surface area (Å²) in [5.41, 5.74) is 1.05. The second kappa shape index (κ2) is 4.02. The van der Waals surface area contributed by atoms with Gasteiger partial charge in [-0.25, -0.2) is 0 Å². The molecule has 2 N–H and O–H groups in total. The van der Waals surface area contributed by atoms with E-state index in [-0.39, 0.29) is 13.0 Å². The summed E-state index contributed by atoms with van der Waals surface area (Å²) < 4.78 is 1.61. The zero-order valence-electron chi connectivity index (χ0n) is 8.33. The zero-order chi connectivity index (χ0) is 10.8. The monoisotopic (exact) mass is 210 g/mol. The Bertz CT molecular complexity index is 357. The van der Waals surface area contributed by atoms with Crippen LogP contribution in [0.15, 0.2) is 12.3 Å². The van der Waals surface area contributed by atoms with Crippen LogP contribution < -0.4 is 0 Å². The topological polar surface area (TPSA) is 75.3 Å². The molecule has 0 aliphatic heterocycles. The summed E-state index contributed by atoms with van der Waals surface area (Å²) in [6, 6.07) is 1.94. The van der Waals surface area contributed by atoms with E-state index < -0.39 is 12.1 Å². The van der Waals surface area contributed by atoms with Gasteiger partial charge in [-0.2, -0.15) is 5.10 Å². The van der Waals surface area contributed by atoms with Crippen molar-refractivity contribution in [3.05, 3.63) is 18.0 Å². The second-order valence-corrected chi connectivity index (χ2v) is 3.99. The van der Waals surface area contributed by atoms with Gasteiger partial charge in [-0.3, -0.25) is 9.48 Å². The number of hydrogen-bond donors (Lipinski definition) is 2. The summed E-state index contributed by atoms with van der Waals surface area (Å²) in [4.78, 5) is 10.3. The first-order chi connectivity index (χ1) is 7.15. The fourth-order valence-corrected chi connectivity index (χ4v) is 1.56. The number of carbonyl (C=O) groups is 1. The standard InChI is InChI=1S/C10H14N2O3/c13-8(5-10(14)15)6-12-4-3-9(11-12)7-1-2-7/h3-4,7-8,13H,1-2,5-6H2,(H,14,15). The lowest BCUT2D eigenvalue weighted by molar-refractivity contribution is -0.139. The van der Waals surface area contributed by atoms with Gasteiger partial charge in [-0.1, -0.05) is 0 Å². The molecule has 15 heavy (non-hydrogen) atoms. The predicted octanol–water partition coefficient (Wildman–Crippen LogP) is 0.596. The molecule has 1 atom stereocenters. The van der Waals surface area contributed by atoms with Crippen LogP contribution >= 0.6 is 0 Å². The molecule has 1 aliphatic carbocycles. The molecular weight excluding hydrogens is 196 g/mol. The smallest absolute Gasteiger partial charge is 0.306 e. The van der Waals surface area contributed by atoms with Crippen LogP contribution in [0, 0.1) is 0 Å². The summed E-state index contributed by atoms with van der Waals surface area (Å²) in [5.74, 6) is -0.403. The number of hydrogen-bond acceptors (Lipinski definition) is 3. The normalized spacial score (nSPS) is 17.7. The van der Waals surface area contributed by atoms with E-state index in [9.17, 15) is 9.90 Å². The van der Waals surface area contributed by atoms with Gasteiger partial charge in [-0.15, -0.1) is 0 Å². The average molecular weight is 210 g/mol. The Morgan fingerprint density at radius 2 is 2.40 bits per heavy atom. The van der Waals surface area contributed by atoms with E-state index in [1.807, 2.05) is 6.07 Å². The highest BCUT2D eigenvalue weighted by Gasteiger charge is 2.25. The van der Waals surface area contributed by atoms with Crippen molar-refractivity contribution in [1.82, 2.24) is 9.78 Å². The maximum absolute atomic E-state index is 10.3. The molecule has 1 aromatic heterocycles. The SMILES string of the molecule is O=C(O)CC(O)Cn1ccc(C2CC2)n1. The van der Waals surface area contributed by atoms with Crippen LogP contribution in [0.2, 0.25) is 0 Å². The van der Waals surface area contributed by atoms with Gasteiger partial charge in [0, 0.05) is 12.1 Å². The van der Waals surface area contributed by atoms with E-state index in [0.29, 0.717) is 5.92 Å². The van der Waals surface area contributed by atoms with E-state index in [2.05, 4.69) is 5.10 Å². The Morgan fingerprint density at radius 1 is 1.67 bits per heavy atom. The van der Waals surface area contributed by atoms with E-state index in [1.54, 1.807) is 10.9 Å². The summed E-state index contributed by atoms with van der Waals surface area (Å²) in [5, 5.41) is 22.2. The molecule has 0 bridgehead atoms. The molecule has 0 radical (unpaired) electrons. The molecule has 1 unspecified atom stereocenters. The molecule has 0 spiro atoms. The molecule has 1 aliphatic rings. The third-order valence-electron chi connectivity index (χ3n) is 2.46. The van der Waals surface area contributed by atoms with Crippen LogP contribution in [0.1, 0.15) is 30.9 Å². The van der Waals surface area contributed by atoms with E-state index >= 15 is 0 Å². The molecule has 1 fully saturated rings. The highest BCUT2D eigenvalue weighted by Crippen LogP contribution is 2.38. The van der Waals surface area contributed by atoms with Crippen LogP contribution in [0.4, 0.5) is 0 Å². The fraction of sp³-hybridized carbons (Fsp3) is 0.600. The van der Waals surface area contributed by atoms with Crippen LogP contribution in [0.25, 0.3) is 0 Å². The first-order valence-corrected chi connectivity index (χ1v) is 5.08. The third kappa shape index (κ3) is 2.79. The van der Waals surface area contributed by atoms with Gasteiger partial charge in [0.05, 0.1) is 24.8 Å². The Balaban J connectivity index is 1.89. The van der Waals surface area contributed by atoms with Crippen molar-refractivity contribution in [3.8, 4) is 0 Å². The molecule has 1 saturated carbocycles. The molecule has 1 heterocycles. The van der Waals surface area contributed by atoms with Crippen molar-refractivity contribution < 1.29 is 15.0 Å². The third-order valence-corrected chi connectivity index (χ3v) is 2.46. The van der Waals surface area contributed by atoms with E-state index in [4.69, 9.17) is 5.11 Å². The van der Waals surface area contributed by atoms with E-state index in [0.717, 1.165) is 5.69 Å². The second-order valence-electron chi connectivity index (χ2n) is 3.99. The minimum atomic E-state index is -0.989. The lowest BCUT2D eigenvalue weighted by atomic mass is 10.2. The summed E-state index contributed by atoms with van der Waals surface area (Å²) in [7, 11) is 0. The number of aliphatic carboxylic acids is 1. The minimum Gasteiger partial charge on any atom is -0.481 e. The maximum atomic E-state index is 10.3. The van der Waals surface area contributed by atoms with Crippen molar-refractivity contribution in [2.45, 2.75) is 37.8 Å². The largest absolute Gasteiger partial charge is 0.481 e. The Labute approximate surface area is 87.3 Å². The Morgan fingerprint density at radius 3 is 3.00 bits per heavy atom. The van der Waals surface area contributed by atoms with Crippen LogP contribution in [-0.4, -0.2) is 32.1 Å². The molecule has 0 saturated heterocycles. The highest BCUT2D eigenvalue weighted by atomic mass is 16.4. The first-order valence-electron chi connectivity index (χ1n) is 5.08. The number of carboxylic acid groups (broad SMARTS) is 1. The maximum Gasteiger partial charge on any atom is 0.306 e. The number of aromatic nitrogens is 2. The lowest BCUT2D eigenvalue weighted by Gasteiger charge is -2.07. The number of aliphatic hydroxyl groups is 1. The van der Waals surface area contributed by atoms with Gasteiger partial charge < -0.3 is 10.2 Å². The van der Waals surface area contributed by atoms with Gasteiger partial charge in [-0.05, 0) is 18.9 Å². The molecule has 5 heteroatoms. The van der Waals surface area contributed by atoms with Gasteiger partial charge in [0.25, 0.3) is 0 Å². The molecule has 2 rings (SSSR count). The highest BCUT2D eigenvalue weighted by molar-refractivity contribution is 5.67. The quantitative estimate of drug-likeness (QED) is 0.746. The van der Waals surface area contributed by atoms with Gasteiger partial charge >= 0.3 is 5.97 Å². The summed E-state index contributed by atoms with van der Waals surface area (Å²) >= 11 is 0. The number of nitrogens with zero attached hydrogens (tertiary/aromatic N) is 2. The van der Waals surface area contributed by atoms with Crippen molar-refractivity contribution in [2.24, 2.45) is 0 Å². The number of carboxylic acids is 1. The lowest BCUT2D eigenvalue weighted by Crippen LogP contribution is -2.20. The van der Waals surface area contributed by atoms with Crippen molar-refractivity contribution in [2.75, 3.05) is 0 Å². The van der Waals surface area contributed by atoms with Gasteiger partial charge in [0.2, 0.25) is 0 Å². The zero-order valence-corrected chi connectivity index (χ0v) is 8.33. The van der Waals surface area contributed by atoms with Crippen molar-refractivity contribution >= 4 is 5.97 Å². The van der Waals surface area contributed by atoms with Crippen LogP contribution in [-0.2, 0) is 11.3 Å². The van der Waals surface area contributed by atoms with Crippen LogP contribution in [0.3, 0.4) is 0 Å². The van der Waals surface area contributed by atoms with Crippen LogP contribution in [0.5, 0.6) is 0 Å². The Hall–Kier alpha value is -1.36. The number of aliphatic hydroxyl groups excluding tert-OH is 1. The molecule has 5 nitrogen and oxygen atoms in total. The molecular formula is C10H14N2O3. The Kier molecular flexibility index (Phi) is 2.73. The molecule has 0 aromatic carbocycles. The number of rotatable bonds is 5. The van der Waals surface area contributed by atoms with Crippen molar-refractivity contribution in [3.63, 3.8) is 0 Å². The first kappa shape index (κ1) is 10.2. The van der Waals surface area contributed by atoms with Gasteiger partial charge in [0.15, 0.2) is 0 Å².